The van der Waals surface area contributed by atoms with E-state index in [4.69, 9.17) is 11.6 Å². The van der Waals surface area contributed by atoms with Gasteiger partial charge in [0.2, 0.25) is 21.8 Å². The van der Waals surface area contributed by atoms with Crippen LogP contribution in [-0.2, 0) is 26.2 Å². The van der Waals surface area contributed by atoms with Crippen molar-refractivity contribution in [1.29, 1.82) is 0 Å². The van der Waals surface area contributed by atoms with E-state index in [0.29, 0.717) is 23.6 Å². The number of rotatable bonds is 13. The van der Waals surface area contributed by atoms with Crippen molar-refractivity contribution in [2.75, 3.05) is 17.1 Å². The Labute approximate surface area is 227 Å². The number of hydrogen-bond donors (Lipinski definition) is 1. The van der Waals surface area contributed by atoms with Crippen LogP contribution in [0.25, 0.3) is 0 Å². The number of carbonyl (C=O) groups excluding carboxylic acids is 2. The zero-order valence-corrected chi connectivity index (χ0v) is 24.3. The van der Waals surface area contributed by atoms with E-state index < -0.39 is 16.1 Å². The molecule has 0 spiro atoms. The Bertz CT molecular complexity index is 1170. The first-order valence-electron chi connectivity index (χ1n) is 12.8. The predicted molar refractivity (Wildman–Crippen MR) is 151 cm³/mol. The van der Waals surface area contributed by atoms with E-state index in [1.54, 1.807) is 23.1 Å². The second-order valence-corrected chi connectivity index (χ2v) is 11.9. The van der Waals surface area contributed by atoms with Gasteiger partial charge in [0.05, 0.1) is 11.9 Å². The number of nitrogens with zero attached hydrogens (tertiary/aromatic N) is 2. The van der Waals surface area contributed by atoms with E-state index in [1.165, 1.54) is 10.6 Å². The summed E-state index contributed by atoms with van der Waals surface area (Å²) in [6, 6.07) is 12.1. The summed E-state index contributed by atoms with van der Waals surface area (Å²) >= 11 is 6.03. The normalized spacial score (nSPS) is 13.1. The van der Waals surface area contributed by atoms with E-state index in [-0.39, 0.29) is 37.4 Å². The van der Waals surface area contributed by atoms with Gasteiger partial charge in [-0.2, -0.15) is 0 Å². The van der Waals surface area contributed by atoms with Gasteiger partial charge in [0.25, 0.3) is 0 Å². The molecule has 7 nitrogen and oxygen atoms in total. The van der Waals surface area contributed by atoms with Crippen molar-refractivity contribution in [3.05, 3.63) is 64.2 Å². The highest BCUT2D eigenvalue weighted by molar-refractivity contribution is 7.92. The topological polar surface area (TPSA) is 86.8 Å². The fourth-order valence-corrected chi connectivity index (χ4v) is 5.28. The highest BCUT2D eigenvalue weighted by Crippen LogP contribution is 2.25. The van der Waals surface area contributed by atoms with E-state index in [0.717, 1.165) is 23.1 Å². The van der Waals surface area contributed by atoms with E-state index >= 15 is 0 Å². The zero-order valence-electron chi connectivity index (χ0n) is 22.8. The molecule has 0 aliphatic rings. The van der Waals surface area contributed by atoms with Crippen molar-refractivity contribution in [3.63, 3.8) is 0 Å². The monoisotopic (exact) mass is 549 g/mol. The van der Waals surface area contributed by atoms with Crippen LogP contribution in [0.3, 0.4) is 0 Å². The smallest absolute Gasteiger partial charge is 0.243 e. The van der Waals surface area contributed by atoms with E-state index in [9.17, 15) is 18.0 Å². The molecule has 204 valence electrons. The number of benzene rings is 2. The lowest BCUT2D eigenvalue weighted by atomic mass is 10.1. The average Bonchev–Trinajstić information content (AvgIpc) is 2.84. The van der Waals surface area contributed by atoms with Gasteiger partial charge in [0, 0.05) is 30.6 Å². The highest BCUT2D eigenvalue weighted by atomic mass is 35.5. The molecule has 0 bridgehead atoms. The summed E-state index contributed by atoms with van der Waals surface area (Å²) in [5, 5.41) is 3.59. The molecule has 2 aromatic carbocycles. The van der Waals surface area contributed by atoms with Gasteiger partial charge >= 0.3 is 0 Å². The summed E-state index contributed by atoms with van der Waals surface area (Å²) in [6.07, 6.45) is 2.85. The number of anilines is 1. The molecule has 0 aromatic heterocycles. The van der Waals surface area contributed by atoms with Gasteiger partial charge < -0.3 is 10.2 Å². The van der Waals surface area contributed by atoms with Crippen molar-refractivity contribution in [1.82, 2.24) is 10.2 Å². The Morgan fingerprint density at radius 1 is 1.03 bits per heavy atom. The molecule has 0 saturated heterocycles. The number of amides is 2. The lowest BCUT2D eigenvalue weighted by molar-refractivity contribution is -0.141. The maximum Gasteiger partial charge on any atom is 0.243 e. The largest absolute Gasteiger partial charge is 0.352 e. The Kier molecular flexibility index (Phi) is 11.4. The molecule has 1 N–H and O–H groups in total. The zero-order chi connectivity index (χ0) is 27.8. The van der Waals surface area contributed by atoms with Gasteiger partial charge in [-0.1, -0.05) is 49.7 Å². The third-order valence-electron chi connectivity index (χ3n) is 6.65. The molecule has 2 atom stereocenters. The quantitative estimate of drug-likeness (QED) is 0.371. The minimum absolute atomic E-state index is 0.00470. The van der Waals surface area contributed by atoms with Crippen molar-refractivity contribution in [2.45, 2.75) is 78.9 Å². The maximum atomic E-state index is 13.5. The van der Waals surface area contributed by atoms with Crippen LogP contribution in [0.5, 0.6) is 0 Å². The molecule has 2 aromatic rings. The fourth-order valence-electron chi connectivity index (χ4n) is 4.14. The van der Waals surface area contributed by atoms with Gasteiger partial charge in [-0.15, -0.1) is 0 Å². The van der Waals surface area contributed by atoms with Gasteiger partial charge in [-0.25, -0.2) is 8.42 Å². The lowest BCUT2D eigenvalue weighted by Gasteiger charge is -2.32. The molecule has 37 heavy (non-hydrogen) atoms. The Morgan fingerprint density at radius 3 is 2.24 bits per heavy atom. The van der Waals surface area contributed by atoms with Crippen molar-refractivity contribution < 1.29 is 18.0 Å². The Hall–Kier alpha value is -2.58. The van der Waals surface area contributed by atoms with Gasteiger partial charge in [0.15, 0.2) is 0 Å². The number of nitrogens with one attached hydrogen (secondary N) is 1. The molecular formula is C28H40ClN3O4S. The fraction of sp³-hybridized carbons (Fsp3) is 0.500. The molecular weight excluding hydrogens is 510 g/mol. The van der Waals surface area contributed by atoms with Crippen molar-refractivity contribution in [2.24, 2.45) is 0 Å². The van der Waals surface area contributed by atoms with Crippen LogP contribution >= 0.6 is 11.6 Å². The molecule has 2 rings (SSSR count). The summed E-state index contributed by atoms with van der Waals surface area (Å²) in [5.41, 5.74) is 3.36. The second kappa shape index (κ2) is 13.8. The van der Waals surface area contributed by atoms with E-state index in [2.05, 4.69) is 5.32 Å². The summed E-state index contributed by atoms with van der Waals surface area (Å²) in [5.74, 6) is -0.386. The second-order valence-electron chi connectivity index (χ2n) is 9.55. The predicted octanol–water partition coefficient (Wildman–Crippen LogP) is 5.23. The molecule has 0 aliphatic carbocycles. The van der Waals surface area contributed by atoms with Gasteiger partial charge in [-0.05, 0) is 74.9 Å². The number of carbonyl (C=O) groups is 2. The standard InChI is InChI=1S/C28H40ClN3O4S/c1-7-21(4)30-28(34)25(8-2)31(19-23-14-16-24(29)17-15-23)27(33)13-10-18-32(37(6,35)36)26-12-9-11-20(3)22(26)5/h9,11-12,14-17,21,25H,7-8,10,13,18-19H2,1-6H3,(H,30,34)/t21-,25-/m1/s1. The van der Waals surface area contributed by atoms with Crippen LogP contribution in [0.4, 0.5) is 5.69 Å². The van der Waals surface area contributed by atoms with Crippen LogP contribution in [0.1, 0.15) is 63.1 Å². The molecule has 0 radical (unpaired) electrons. The third-order valence-corrected chi connectivity index (χ3v) is 8.08. The molecule has 0 unspecified atom stereocenters. The first kappa shape index (κ1) is 30.6. The third kappa shape index (κ3) is 8.75. The Balaban J connectivity index is 2.25. The minimum Gasteiger partial charge on any atom is -0.352 e. The minimum atomic E-state index is -3.55. The first-order chi connectivity index (χ1) is 17.4. The summed E-state index contributed by atoms with van der Waals surface area (Å²) in [7, 11) is -3.55. The summed E-state index contributed by atoms with van der Waals surface area (Å²) in [6.45, 7) is 10.1. The Morgan fingerprint density at radius 2 is 1.68 bits per heavy atom. The molecule has 2 amide bonds. The molecule has 0 fully saturated rings. The van der Waals surface area contributed by atoms with Crippen LogP contribution in [-0.4, -0.2) is 50.0 Å². The van der Waals surface area contributed by atoms with E-state index in [1.807, 2.05) is 58.9 Å². The van der Waals surface area contributed by atoms with Gasteiger partial charge in [0.1, 0.15) is 6.04 Å². The maximum absolute atomic E-state index is 13.5. The lowest BCUT2D eigenvalue weighted by Crippen LogP contribution is -2.50. The van der Waals surface area contributed by atoms with Crippen LogP contribution < -0.4 is 9.62 Å². The number of halogens is 1. The van der Waals surface area contributed by atoms with Gasteiger partial charge in [-0.3, -0.25) is 13.9 Å². The molecule has 0 saturated carbocycles. The number of aryl methyl sites for hydroxylation is 1. The number of hydrogen-bond acceptors (Lipinski definition) is 4. The first-order valence-corrected chi connectivity index (χ1v) is 15.0. The summed E-state index contributed by atoms with van der Waals surface area (Å²) < 4.78 is 26.6. The summed E-state index contributed by atoms with van der Waals surface area (Å²) in [4.78, 5) is 28.2. The van der Waals surface area contributed by atoms with Crippen LogP contribution in [0, 0.1) is 13.8 Å². The highest BCUT2D eigenvalue weighted by Gasteiger charge is 2.29. The van der Waals surface area contributed by atoms with Crippen molar-refractivity contribution >= 4 is 39.1 Å². The van der Waals surface area contributed by atoms with Crippen LogP contribution in [0.2, 0.25) is 5.02 Å². The number of sulfonamides is 1. The average molecular weight is 550 g/mol. The molecule has 9 heteroatoms. The molecule has 0 aliphatic heterocycles. The SMILES string of the molecule is CC[C@@H](C)NC(=O)[C@@H](CC)N(Cc1ccc(Cl)cc1)C(=O)CCCN(c1cccc(C)c1C)S(C)(=O)=O. The van der Waals surface area contributed by atoms with Crippen LogP contribution in [0.15, 0.2) is 42.5 Å². The van der Waals surface area contributed by atoms with Crippen molar-refractivity contribution in [3.8, 4) is 0 Å². The molecule has 0 heterocycles.